The van der Waals surface area contributed by atoms with Crippen LogP contribution in [0.1, 0.15) is 61.3 Å². The highest BCUT2D eigenvalue weighted by atomic mass is 32.2. The third-order valence-corrected chi connectivity index (χ3v) is 10.6. The van der Waals surface area contributed by atoms with Crippen LogP contribution in [0.4, 0.5) is 0 Å². The summed E-state index contributed by atoms with van der Waals surface area (Å²) in [6.07, 6.45) is 4.98. The van der Waals surface area contributed by atoms with Crippen molar-refractivity contribution in [3.05, 3.63) is 25.3 Å². The molecule has 3 aliphatic rings. The highest BCUT2D eigenvalue weighted by Crippen LogP contribution is 2.69. The zero-order valence-electron chi connectivity index (χ0n) is 24.0. The Bertz CT molecular complexity index is 944. The molecule has 0 aromatic rings. The summed E-state index contributed by atoms with van der Waals surface area (Å²) in [6, 6.07) is -1.29. The Morgan fingerprint density at radius 1 is 1.19 bits per heavy atom. The number of likely N-dealkylation sites (N-methyl/N-ethyl adjacent to an activating group) is 1. The summed E-state index contributed by atoms with van der Waals surface area (Å²) in [4.78, 5) is 47.7. The zero-order valence-corrected chi connectivity index (χ0v) is 24.8. The van der Waals surface area contributed by atoms with Crippen molar-refractivity contribution in [2.75, 3.05) is 26.7 Å². The Morgan fingerprint density at radius 2 is 1.78 bits per heavy atom. The van der Waals surface area contributed by atoms with Crippen LogP contribution in [0.2, 0.25) is 0 Å². The molecule has 0 radical (unpaired) electrons. The van der Waals surface area contributed by atoms with Crippen molar-refractivity contribution >= 4 is 29.5 Å². The van der Waals surface area contributed by atoms with Gasteiger partial charge in [0, 0.05) is 30.9 Å². The van der Waals surface area contributed by atoms with E-state index in [9.17, 15) is 19.5 Å². The number of carbonyl (C=O) groups excluding carboxylic acids is 3. The monoisotopic (exact) mass is 533 g/mol. The molecule has 37 heavy (non-hydrogen) atoms. The largest absolute Gasteiger partial charge is 0.394 e. The van der Waals surface area contributed by atoms with Gasteiger partial charge in [0.25, 0.3) is 0 Å². The van der Waals surface area contributed by atoms with Gasteiger partial charge in [-0.2, -0.15) is 0 Å². The van der Waals surface area contributed by atoms with Crippen molar-refractivity contribution in [1.82, 2.24) is 14.7 Å². The van der Waals surface area contributed by atoms with Crippen molar-refractivity contribution < 1.29 is 19.5 Å². The molecule has 3 saturated heterocycles. The molecule has 0 aromatic heterocycles. The predicted molar refractivity (Wildman–Crippen MR) is 150 cm³/mol. The highest BCUT2D eigenvalue weighted by Gasteiger charge is 2.77. The first-order valence-corrected chi connectivity index (χ1v) is 14.4. The number of amides is 3. The second kappa shape index (κ2) is 10.4. The molecule has 3 aliphatic heterocycles. The van der Waals surface area contributed by atoms with Crippen LogP contribution >= 0.6 is 11.8 Å². The molecule has 3 heterocycles. The number of nitrogens with zero attached hydrogens (tertiary/aromatic N) is 3. The quantitative estimate of drug-likeness (QED) is 0.434. The summed E-state index contributed by atoms with van der Waals surface area (Å²) in [5, 5.41) is 10.2. The predicted octanol–water partition coefficient (Wildman–Crippen LogP) is 3.58. The van der Waals surface area contributed by atoms with Crippen LogP contribution in [0.15, 0.2) is 25.3 Å². The van der Waals surface area contributed by atoms with E-state index in [0.29, 0.717) is 13.1 Å². The first-order chi connectivity index (χ1) is 17.1. The number of aliphatic hydroxyl groups is 1. The molecule has 7 atom stereocenters. The summed E-state index contributed by atoms with van der Waals surface area (Å²) in [6.45, 7) is 22.7. The minimum Gasteiger partial charge on any atom is -0.394 e. The molecule has 1 spiro atoms. The minimum atomic E-state index is -0.751. The van der Waals surface area contributed by atoms with E-state index in [2.05, 4.69) is 54.7 Å². The number of thioether (sulfide) groups is 1. The average Bonchev–Trinajstić information content (AvgIpc) is 3.38. The Kier molecular flexibility index (Phi) is 8.36. The maximum atomic E-state index is 14.7. The van der Waals surface area contributed by atoms with Crippen LogP contribution < -0.4 is 0 Å². The molecule has 3 amide bonds. The molecule has 0 aliphatic carbocycles. The van der Waals surface area contributed by atoms with Crippen LogP contribution in [-0.4, -0.2) is 91.9 Å². The van der Waals surface area contributed by atoms with Gasteiger partial charge in [0.2, 0.25) is 17.7 Å². The smallest absolute Gasteiger partial charge is 0.247 e. The Labute approximate surface area is 227 Å². The molecule has 3 unspecified atom stereocenters. The summed E-state index contributed by atoms with van der Waals surface area (Å²) in [5.74, 6) is -1.36. The maximum Gasteiger partial charge on any atom is 0.247 e. The van der Waals surface area contributed by atoms with E-state index < -0.39 is 34.2 Å². The lowest BCUT2D eigenvalue weighted by molar-refractivity contribution is -0.149. The first-order valence-electron chi connectivity index (χ1n) is 13.5. The first kappa shape index (κ1) is 29.8. The number of rotatable bonds is 10. The number of aliphatic hydroxyl groups excluding tert-OH is 1. The normalized spacial score (nSPS) is 31.8. The van der Waals surface area contributed by atoms with Crippen molar-refractivity contribution in [2.45, 2.75) is 88.9 Å². The SMILES string of the molecule is C=CCN(C)C(=O)[C@@H]1[C@@H]2CC(C)C3(S2)C(C(=O)N(CC=C)C(C)(C)CC(C)(C)C)N([C@H](C)CO)C(=O)[C@H]13. The fraction of sp³-hybridized carbons (Fsp3) is 0.759. The average molecular weight is 534 g/mol. The number of likely N-dealkylation sites (tertiary alicyclic amines) is 1. The molecule has 7 nitrogen and oxygen atoms in total. The van der Waals surface area contributed by atoms with Crippen LogP contribution in [0.5, 0.6) is 0 Å². The third kappa shape index (κ3) is 4.88. The van der Waals surface area contributed by atoms with Crippen LogP contribution in [-0.2, 0) is 14.4 Å². The lowest BCUT2D eigenvalue weighted by Gasteiger charge is -2.47. The molecule has 2 bridgehead atoms. The van der Waals surface area contributed by atoms with Gasteiger partial charge in [-0.3, -0.25) is 14.4 Å². The molecule has 208 valence electrons. The van der Waals surface area contributed by atoms with Crippen LogP contribution in [0.25, 0.3) is 0 Å². The molecule has 1 N–H and O–H groups in total. The number of hydrogen-bond donors (Lipinski definition) is 1. The summed E-state index contributed by atoms with van der Waals surface area (Å²) >= 11 is 1.67. The minimum absolute atomic E-state index is 0.0129. The van der Waals surface area contributed by atoms with Gasteiger partial charge >= 0.3 is 0 Å². The molecular formula is C29H47N3O4S. The summed E-state index contributed by atoms with van der Waals surface area (Å²) < 4.78 is -0.713. The topological polar surface area (TPSA) is 81.2 Å². The molecule has 3 fully saturated rings. The zero-order chi connectivity index (χ0) is 28.1. The summed E-state index contributed by atoms with van der Waals surface area (Å²) in [7, 11) is 1.74. The standard InChI is InChI=1S/C29H47N3O4S/c1-11-13-30(10)24(34)21-20-15-18(3)29(37-20)22(21)25(35)32(19(4)16-33)23(29)26(36)31(14-12-2)28(8,9)17-27(5,6)7/h11-12,18-23,33H,1-2,13-17H2,3-10H3/t18?,19-,20+,21-,22+,23?,29?/m1/s1. The van der Waals surface area contributed by atoms with E-state index in [4.69, 9.17) is 0 Å². The van der Waals surface area contributed by atoms with Gasteiger partial charge in [-0.05, 0) is 44.9 Å². The lowest BCUT2D eigenvalue weighted by atomic mass is 9.65. The van der Waals surface area contributed by atoms with Gasteiger partial charge in [-0.25, -0.2) is 0 Å². The maximum absolute atomic E-state index is 14.7. The van der Waals surface area contributed by atoms with E-state index in [1.807, 2.05) is 4.90 Å². The van der Waals surface area contributed by atoms with Gasteiger partial charge in [-0.15, -0.1) is 24.9 Å². The fourth-order valence-electron chi connectivity index (χ4n) is 7.43. The van der Waals surface area contributed by atoms with Crippen molar-refractivity contribution in [2.24, 2.45) is 23.2 Å². The number of carbonyl (C=O) groups is 3. The third-order valence-electron chi connectivity index (χ3n) is 8.49. The molecule has 3 rings (SSSR count). The van der Waals surface area contributed by atoms with Crippen LogP contribution in [0, 0.1) is 23.2 Å². The molecule has 0 saturated carbocycles. The summed E-state index contributed by atoms with van der Waals surface area (Å²) in [5.41, 5.74) is -0.506. The van der Waals surface area contributed by atoms with Crippen molar-refractivity contribution in [1.29, 1.82) is 0 Å². The Balaban J connectivity index is 2.14. The van der Waals surface area contributed by atoms with Crippen molar-refractivity contribution in [3.63, 3.8) is 0 Å². The highest BCUT2D eigenvalue weighted by molar-refractivity contribution is 8.02. The molecule has 8 heteroatoms. The van der Waals surface area contributed by atoms with Crippen molar-refractivity contribution in [3.8, 4) is 0 Å². The Hall–Kier alpha value is -1.80. The number of fused-ring (bicyclic) bond motifs is 1. The molecule has 0 aromatic carbocycles. The van der Waals surface area contributed by atoms with E-state index in [-0.39, 0.29) is 40.9 Å². The Morgan fingerprint density at radius 3 is 2.30 bits per heavy atom. The lowest BCUT2D eigenvalue weighted by Crippen LogP contribution is -2.62. The van der Waals surface area contributed by atoms with E-state index in [1.165, 1.54) is 0 Å². The van der Waals surface area contributed by atoms with Gasteiger partial charge in [0.1, 0.15) is 6.04 Å². The van der Waals surface area contributed by atoms with E-state index >= 15 is 0 Å². The molecular weight excluding hydrogens is 486 g/mol. The second-order valence-corrected chi connectivity index (χ2v) is 14.7. The van der Waals surface area contributed by atoms with Gasteiger partial charge in [0.05, 0.1) is 29.2 Å². The number of hydrogen-bond acceptors (Lipinski definition) is 5. The van der Waals surface area contributed by atoms with E-state index in [1.54, 1.807) is 47.7 Å². The van der Waals surface area contributed by atoms with Gasteiger partial charge in [0.15, 0.2) is 0 Å². The van der Waals surface area contributed by atoms with Gasteiger partial charge < -0.3 is 19.8 Å². The fourth-order valence-corrected chi connectivity index (χ4v) is 9.82. The van der Waals surface area contributed by atoms with Crippen LogP contribution in [0.3, 0.4) is 0 Å². The van der Waals surface area contributed by atoms with Gasteiger partial charge in [-0.1, -0.05) is 39.8 Å². The van der Waals surface area contributed by atoms with E-state index in [0.717, 1.165) is 12.8 Å². The second-order valence-electron chi connectivity index (χ2n) is 13.1.